The molecule has 3 heteroatoms. The molecule has 3 rings (SSSR count). The molecule has 22 heavy (non-hydrogen) atoms. The van der Waals surface area contributed by atoms with Crippen molar-refractivity contribution in [2.45, 2.75) is 26.4 Å². The van der Waals surface area contributed by atoms with E-state index < -0.39 is 6.10 Å². The third-order valence-corrected chi connectivity index (χ3v) is 4.04. The van der Waals surface area contributed by atoms with Gasteiger partial charge in [0, 0.05) is 11.1 Å². The summed E-state index contributed by atoms with van der Waals surface area (Å²) in [5.41, 5.74) is 4.31. The lowest BCUT2D eigenvalue weighted by Gasteiger charge is -2.13. The van der Waals surface area contributed by atoms with Crippen molar-refractivity contribution >= 4 is 10.9 Å². The van der Waals surface area contributed by atoms with Crippen molar-refractivity contribution in [1.29, 1.82) is 0 Å². The van der Waals surface area contributed by atoms with Gasteiger partial charge in [0.15, 0.2) is 0 Å². The summed E-state index contributed by atoms with van der Waals surface area (Å²) < 4.78 is 0. The Morgan fingerprint density at radius 3 is 2.64 bits per heavy atom. The first-order valence-electron chi connectivity index (χ1n) is 7.49. The van der Waals surface area contributed by atoms with Gasteiger partial charge in [0.25, 0.3) is 5.56 Å². The highest BCUT2D eigenvalue weighted by Crippen LogP contribution is 2.25. The summed E-state index contributed by atoms with van der Waals surface area (Å²) in [5.74, 6) is 0. The fraction of sp³-hybridized carbons (Fsp3) is 0.211. The van der Waals surface area contributed by atoms with Gasteiger partial charge in [-0.05, 0) is 53.6 Å². The van der Waals surface area contributed by atoms with Crippen LogP contribution in [0.15, 0.2) is 53.3 Å². The van der Waals surface area contributed by atoms with E-state index in [0.717, 1.165) is 28.5 Å². The van der Waals surface area contributed by atoms with E-state index in [1.54, 1.807) is 6.92 Å². The van der Waals surface area contributed by atoms with Gasteiger partial charge >= 0.3 is 0 Å². The number of aromatic nitrogens is 1. The Balaban J connectivity index is 2.05. The lowest BCUT2D eigenvalue weighted by molar-refractivity contribution is 0.220. The van der Waals surface area contributed by atoms with Gasteiger partial charge in [-0.25, -0.2) is 0 Å². The number of rotatable bonds is 3. The normalized spacial score (nSPS) is 12.5. The van der Waals surface area contributed by atoms with Crippen LogP contribution in [0, 0.1) is 6.92 Å². The van der Waals surface area contributed by atoms with Crippen molar-refractivity contribution in [3.05, 3.63) is 81.1 Å². The predicted molar refractivity (Wildman–Crippen MR) is 89.2 cm³/mol. The zero-order chi connectivity index (χ0) is 15.7. The second-order valence-electron chi connectivity index (χ2n) is 5.63. The van der Waals surface area contributed by atoms with Crippen molar-refractivity contribution in [1.82, 2.24) is 4.98 Å². The monoisotopic (exact) mass is 293 g/mol. The number of pyridine rings is 1. The molecule has 3 nitrogen and oxygen atoms in total. The van der Waals surface area contributed by atoms with Crippen LogP contribution in [-0.4, -0.2) is 10.1 Å². The second-order valence-corrected chi connectivity index (χ2v) is 5.63. The fourth-order valence-electron chi connectivity index (χ4n) is 2.68. The Hall–Kier alpha value is -2.39. The largest absolute Gasteiger partial charge is 0.384 e. The van der Waals surface area contributed by atoms with Crippen LogP contribution in [0.1, 0.15) is 35.3 Å². The van der Waals surface area contributed by atoms with E-state index in [1.165, 1.54) is 5.56 Å². The molecule has 1 aromatic heterocycles. The molecule has 2 N–H and O–H groups in total. The van der Waals surface area contributed by atoms with Crippen molar-refractivity contribution in [2.75, 3.05) is 0 Å². The van der Waals surface area contributed by atoms with E-state index in [2.05, 4.69) is 18.0 Å². The zero-order valence-corrected chi connectivity index (χ0v) is 12.8. The minimum atomic E-state index is -0.664. The highest BCUT2D eigenvalue weighted by molar-refractivity contribution is 5.79. The van der Waals surface area contributed by atoms with Gasteiger partial charge in [-0.1, -0.05) is 37.3 Å². The molecule has 0 spiro atoms. The molecule has 0 aliphatic rings. The van der Waals surface area contributed by atoms with Crippen LogP contribution in [0.2, 0.25) is 0 Å². The summed E-state index contributed by atoms with van der Waals surface area (Å²) in [7, 11) is 0. The van der Waals surface area contributed by atoms with Crippen molar-refractivity contribution < 1.29 is 5.11 Å². The summed E-state index contributed by atoms with van der Waals surface area (Å²) in [4.78, 5) is 14.5. The fourth-order valence-corrected chi connectivity index (χ4v) is 2.68. The predicted octanol–water partition coefficient (Wildman–Crippen LogP) is 3.48. The Kier molecular flexibility index (Phi) is 3.82. The van der Waals surface area contributed by atoms with Gasteiger partial charge in [0.2, 0.25) is 0 Å². The van der Waals surface area contributed by atoms with Crippen LogP contribution in [0.3, 0.4) is 0 Å². The lowest BCUT2D eigenvalue weighted by Crippen LogP contribution is -2.09. The molecular formula is C19H19NO2. The Labute approximate surface area is 129 Å². The van der Waals surface area contributed by atoms with Crippen LogP contribution in [0.25, 0.3) is 10.9 Å². The molecular weight excluding hydrogens is 274 g/mol. The number of aliphatic hydroxyl groups is 1. The second kappa shape index (κ2) is 5.78. The third-order valence-electron chi connectivity index (χ3n) is 4.04. The highest BCUT2D eigenvalue weighted by atomic mass is 16.3. The minimum Gasteiger partial charge on any atom is -0.384 e. The molecule has 0 bridgehead atoms. The van der Waals surface area contributed by atoms with Crippen LogP contribution < -0.4 is 5.56 Å². The van der Waals surface area contributed by atoms with Gasteiger partial charge in [-0.3, -0.25) is 4.79 Å². The van der Waals surface area contributed by atoms with Gasteiger partial charge in [-0.2, -0.15) is 0 Å². The van der Waals surface area contributed by atoms with Gasteiger partial charge in [-0.15, -0.1) is 0 Å². The van der Waals surface area contributed by atoms with E-state index in [-0.39, 0.29) is 5.56 Å². The minimum absolute atomic E-state index is 0.0727. The number of fused-ring (bicyclic) bond motifs is 1. The number of nitrogens with one attached hydrogen (secondary N) is 1. The molecule has 112 valence electrons. The zero-order valence-electron chi connectivity index (χ0n) is 12.8. The quantitative estimate of drug-likeness (QED) is 0.776. The topological polar surface area (TPSA) is 53.1 Å². The van der Waals surface area contributed by atoms with Crippen molar-refractivity contribution in [2.24, 2.45) is 0 Å². The van der Waals surface area contributed by atoms with Crippen LogP contribution >= 0.6 is 0 Å². The van der Waals surface area contributed by atoms with Gasteiger partial charge in [0.05, 0.1) is 0 Å². The van der Waals surface area contributed by atoms with E-state index >= 15 is 0 Å². The smallest absolute Gasteiger partial charge is 0.251 e. The molecule has 1 heterocycles. The molecule has 1 atom stereocenters. The van der Waals surface area contributed by atoms with Crippen molar-refractivity contribution in [3.8, 4) is 0 Å². The molecule has 0 radical (unpaired) electrons. The summed E-state index contributed by atoms with van der Waals surface area (Å²) in [6.45, 7) is 3.88. The Morgan fingerprint density at radius 1 is 1.09 bits per heavy atom. The van der Waals surface area contributed by atoms with E-state index in [9.17, 15) is 9.90 Å². The maximum absolute atomic E-state index is 11.6. The van der Waals surface area contributed by atoms with Crippen LogP contribution in [0.4, 0.5) is 0 Å². The molecule has 0 saturated heterocycles. The number of hydrogen-bond donors (Lipinski definition) is 2. The first-order chi connectivity index (χ1) is 10.6. The molecule has 2 aromatic carbocycles. The number of aliphatic hydroxyl groups excluding tert-OH is 1. The highest BCUT2D eigenvalue weighted by Gasteiger charge is 2.12. The maximum Gasteiger partial charge on any atom is 0.251 e. The summed E-state index contributed by atoms with van der Waals surface area (Å²) in [6, 6.07) is 15.5. The third kappa shape index (κ3) is 2.68. The van der Waals surface area contributed by atoms with E-state index in [4.69, 9.17) is 0 Å². The number of aromatic amines is 1. The average molecular weight is 293 g/mol. The summed E-state index contributed by atoms with van der Waals surface area (Å²) >= 11 is 0. The Bertz CT molecular complexity index is 880. The molecule has 0 aliphatic heterocycles. The summed E-state index contributed by atoms with van der Waals surface area (Å²) in [5, 5.41) is 11.6. The number of benzene rings is 2. The first-order valence-corrected chi connectivity index (χ1v) is 7.49. The number of H-pyrrole nitrogens is 1. The molecule has 0 aliphatic carbocycles. The molecule has 0 saturated carbocycles. The Morgan fingerprint density at radius 2 is 1.86 bits per heavy atom. The molecule has 0 amide bonds. The number of hydrogen-bond acceptors (Lipinski definition) is 2. The maximum atomic E-state index is 11.6. The molecule has 0 fully saturated rings. The number of aryl methyl sites for hydroxylation is 2. The van der Waals surface area contributed by atoms with Crippen molar-refractivity contribution in [3.63, 3.8) is 0 Å². The SMILES string of the molecule is CCc1cccc(C(O)c2ccc3[nH]c(=O)c(C)cc3c2)c1. The summed E-state index contributed by atoms with van der Waals surface area (Å²) in [6.07, 6.45) is 0.279. The molecule has 3 aromatic rings. The standard InChI is InChI=1S/C19H19NO2/c1-3-13-5-4-6-14(10-13)18(21)15-7-8-17-16(11-15)9-12(2)19(22)20-17/h4-11,18,21H,3H2,1-2H3,(H,20,22). The van der Waals surface area contributed by atoms with E-state index in [1.807, 2.05) is 42.5 Å². The van der Waals surface area contributed by atoms with Crippen LogP contribution in [-0.2, 0) is 6.42 Å². The lowest BCUT2D eigenvalue weighted by atomic mass is 9.97. The van der Waals surface area contributed by atoms with Gasteiger partial charge < -0.3 is 10.1 Å². The first kappa shape index (κ1) is 14.5. The van der Waals surface area contributed by atoms with Gasteiger partial charge in [0.1, 0.15) is 6.10 Å². The van der Waals surface area contributed by atoms with E-state index in [0.29, 0.717) is 5.56 Å². The van der Waals surface area contributed by atoms with Crippen LogP contribution in [0.5, 0.6) is 0 Å². The molecule has 1 unspecified atom stereocenters. The average Bonchev–Trinajstić information content (AvgIpc) is 2.55.